The van der Waals surface area contributed by atoms with Crippen molar-refractivity contribution in [2.75, 3.05) is 14.2 Å². The molecule has 0 atom stereocenters. The SMILES string of the molecule is COc1cc(/C=C2/SC(=O)N(Cc3ccc(Cl)cc3Cl)C2=O)cc(Br)c1OC. The van der Waals surface area contributed by atoms with Crippen molar-refractivity contribution in [1.29, 1.82) is 0 Å². The molecule has 0 radical (unpaired) electrons. The Labute approximate surface area is 184 Å². The number of carbonyl (C=O) groups is 2. The normalized spacial score (nSPS) is 15.5. The zero-order valence-corrected chi connectivity index (χ0v) is 18.7. The molecular formula is C19H14BrCl2NO4S. The second kappa shape index (κ2) is 8.78. The van der Waals surface area contributed by atoms with E-state index < -0.39 is 0 Å². The van der Waals surface area contributed by atoms with Crippen molar-refractivity contribution in [2.24, 2.45) is 0 Å². The van der Waals surface area contributed by atoms with Crippen LogP contribution in [0.2, 0.25) is 10.0 Å². The van der Waals surface area contributed by atoms with Gasteiger partial charge in [0.2, 0.25) is 0 Å². The molecule has 9 heteroatoms. The summed E-state index contributed by atoms with van der Waals surface area (Å²) < 4.78 is 11.3. The number of halogens is 3. The van der Waals surface area contributed by atoms with Crippen molar-refractivity contribution in [2.45, 2.75) is 6.54 Å². The molecule has 28 heavy (non-hydrogen) atoms. The smallest absolute Gasteiger partial charge is 0.293 e. The molecule has 1 fully saturated rings. The van der Waals surface area contributed by atoms with Gasteiger partial charge in [0.1, 0.15) is 0 Å². The lowest BCUT2D eigenvalue weighted by Gasteiger charge is -2.13. The van der Waals surface area contributed by atoms with Crippen LogP contribution in [-0.4, -0.2) is 30.3 Å². The van der Waals surface area contributed by atoms with E-state index in [9.17, 15) is 9.59 Å². The van der Waals surface area contributed by atoms with Gasteiger partial charge in [-0.1, -0.05) is 29.3 Å². The number of methoxy groups -OCH3 is 2. The summed E-state index contributed by atoms with van der Waals surface area (Å²) in [5.41, 5.74) is 1.34. The Hall–Kier alpha value is -1.67. The molecule has 0 aliphatic carbocycles. The summed E-state index contributed by atoms with van der Waals surface area (Å²) >= 11 is 16.4. The second-order valence-corrected chi connectivity index (χ2v) is 8.43. The first-order valence-corrected chi connectivity index (χ1v) is 10.3. The number of hydrogen-bond acceptors (Lipinski definition) is 5. The molecular weight excluding hydrogens is 489 g/mol. The van der Waals surface area contributed by atoms with E-state index in [0.29, 0.717) is 42.0 Å². The number of imide groups is 1. The zero-order chi connectivity index (χ0) is 20.4. The van der Waals surface area contributed by atoms with E-state index in [1.165, 1.54) is 14.2 Å². The van der Waals surface area contributed by atoms with Crippen LogP contribution < -0.4 is 9.47 Å². The van der Waals surface area contributed by atoms with E-state index in [2.05, 4.69) is 15.9 Å². The van der Waals surface area contributed by atoms with Crippen molar-refractivity contribution in [3.05, 3.63) is 60.9 Å². The molecule has 2 aromatic rings. The lowest BCUT2D eigenvalue weighted by Crippen LogP contribution is -2.27. The van der Waals surface area contributed by atoms with Gasteiger partial charge in [0.25, 0.3) is 11.1 Å². The second-order valence-electron chi connectivity index (χ2n) is 5.74. The maximum Gasteiger partial charge on any atom is 0.293 e. The molecule has 1 saturated heterocycles. The van der Waals surface area contributed by atoms with Crippen molar-refractivity contribution >= 4 is 68.1 Å². The number of benzene rings is 2. The predicted octanol–water partition coefficient (Wildman–Crippen LogP) is 6.01. The quantitative estimate of drug-likeness (QED) is 0.468. The minimum absolute atomic E-state index is 0.0770. The van der Waals surface area contributed by atoms with Crippen LogP contribution in [-0.2, 0) is 11.3 Å². The van der Waals surface area contributed by atoms with E-state index in [-0.39, 0.29) is 17.7 Å². The fourth-order valence-electron chi connectivity index (χ4n) is 2.63. The summed E-state index contributed by atoms with van der Waals surface area (Å²) in [5, 5.41) is 0.531. The van der Waals surface area contributed by atoms with Crippen molar-refractivity contribution in [3.8, 4) is 11.5 Å². The van der Waals surface area contributed by atoms with Gasteiger partial charge in [-0.15, -0.1) is 0 Å². The molecule has 1 aliphatic rings. The van der Waals surface area contributed by atoms with Gasteiger partial charge >= 0.3 is 0 Å². The monoisotopic (exact) mass is 501 g/mol. The summed E-state index contributed by atoms with van der Waals surface area (Å²) in [6, 6.07) is 8.45. The third-order valence-electron chi connectivity index (χ3n) is 3.97. The van der Waals surface area contributed by atoms with Crippen LogP contribution in [0, 0.1) is 0 Å². The summed E-state index contributed by atoms with van der Waals surface area (Å²) in [6.07, 6.45) is 1.64. The van der Waals surface area contributed by atoms with E-state index in [1.807, 2.05) is 0 Å². The molecule has 1 heterocycles. The topological polar surface area (TPSA) is 55.8 Å². The first-order chi connectivity index (χ1) is 13.3. The standard InChI is InChI=1S/C19H14BrCl2NO4S/c1-26-15-6-10(5-13(20)17(15)27-2)7-16-18(24)23(19(25)28-16)9-11-3-4-12(21)8-14(11)22/h3-8H,9H2,1-2H3/b16-7+. The molecule has 0 spiro atoms. The van der Waals surface area contributed by atoms with Crippen LogP contribution in [0.1, 0.15) is 11.1 Å². The fourth-order valence-corrected chi connectivity index (χ4v) is 4.56. The largest absolute Gasteiger partial charge is 0.493 e. The van der Waals surface area contributed by atoms with Gasteiger partial charge in [-0.3, -0.25) is 14.5 Å². The Morgan fingerprint density at radius 2 is 1.89 bits per heavy atom. The molecule has 5 nitrogen and oxygen atoms in total. The fraction of sp³-hybridized carbons (Fsp3) is 0.158. The molecule has 0 saturated carbocycles. The number of carbonyl (C=O) groups excluding carboxylic acids is 2. The van der Waals surface area contributed by atoms with E-state index in [4.69, 9.17) is 32.7 Å². The van der Waals surface area contributed by atoms with Gasteiger partial charge in [0, 0.05) is 10.0 Å². The summed E-state index contributed by atoms with van der Waals surface area (Å²) in [6.45, 7) is 0.0770. The van der Waals surface area contributed by atoms with E-state index in [1.54, 1.807) is 36.4 Å². The molecule has 1 aliphatic heterocycles. The molecule has 0 bridgehead atoms. The highest BCUT2D eigenvalue weighted by Gasteiger charge is 2.35. The highest BCUT2D eigenvalue weighted by molar-refractivity contribution is 9.10. The molecule has 0 unspecified atom stereocenters. The van der Waals surface area contributed by atoms with Gasteiger partial charge in [-0.25, -0.2) is 0 Å². The molecule has 146 valence electrons. The lowest BCUT2D eigenvalue weighted by atomic mass is 10.1. The first-order valence-electron chi connectivity index (χ1n) is 7.95. The molecule has 2 aromatic carbocycles. The van der Waals surface area contributed by atoms with E-state index in [0.717, 1.165) is 16.7 Å². The Morgan fingerprint density at radius 3 is 2.54 bits per heavy atom. The number of ether oxygens (including phenoxy) is 2. The summed E-state index contributed by atoms with van der Waals surface area (Å²) in [4.78, 5) is 26.6. The van der Waals surface area contributed by atoms with Gasteiger partial charge in [-0.2, -0.15) is 0 Å². The Morgan fingerprint density at radius 1 is 1.14 bits per heavy atom. The highest BCUT2D eigenvalue weighted by atomic mass is 79.9. The Bertz CT molecular complexity index is 996. The number of amides is 2. The van der Waals surface area contributed by atoms with E-state index >= 15 is 0 Å². The minimum atomic E-state index is -0.382. The summed E-state index contributed by atoms with van der Waals surface area (Å²) in [5.74, 6) is 0.673. The Balaban J connectivity index is 1.88. The highest BCUT2D eigenvalue weighted by Crippen LogP contribution is 2.39. The van der Waals surface area contributed by atoms with Crippen LogP contribution in [0.5, 0.6) is 11.5 Å². The molecule has 2 amide bonds. The third kappa shape index (κ3) is 4.33. The first kappa shape index (κ1) is 21.0. The maximum atomic E-state index is 12.7. The number of rotatable bonds is 5. The zero-order valence-electron chi connectivity index (χ0n) is 14.8. The van der Waals surface area contributed by atoms with Crippen LogP contribution in [0.15, 0.2) is 39.7 Å². The predicted molar refractivity (Wildman–Crippen MR) is 115 cm³/mol. The average molecular weight is 503 g/mol. The van der Waals surface area contributed by atoms with Gasteiger partial charge < -0.3 is 9.47 Å². The van der Waals surface area contributed by atoms with Gasteiger partial charge in [0.05, 0.1) is 30.1 Å². The Kier molecular flexibility index (Phi) is 6.60. The van der Waals surface area contributed by atoms with Crippen molar-refractivity contribution in [1.82, 2.24) is 4.90 Å². The number of hydrogen-bond donors (Lipinski definition) is 0. The number of nitrogens with zero attached hydrogens (tertiary/aromatic N) is 1. The van der Waals surface area contributed by atoms with Crippen LogP contribution in [0.25, 0.3) is 6.08 Å². The molecule has 0 aromatic heterocycles. The van der Waals surface area contributed by atoms with Crippen LogP contribution in [0.4, 0.5) is 4.79 Å². The molecule has 3 rings (SSSR count). The third-order valence-corrected chi connectivity index (χ3v) is 6.05. The van der Waals surface area contributed by atoms with Crippen LogP contribution in [0.3, 0.4) is 0 Å². The summed E-state index contributed by atoms with van der Waals surface area (Å²) in [7, 11) is 3.06. The maximum absolute atomic E-state index is 12.7. The van der Waals surface area contributed by atoms with Gasteiger partial charge in [0.15, 0.2) is 11.5 Å². The lowest BCUT2D eigenvalue weighted by molar-refractivity contribution is -0.123. The van der Waals surface area contributed by atoms with Crippen molar-refractivity contribution < 1.29 is 19.1 Å². The average Bonchev–Trinajstić information content (AvgIpc) is 2.90. The van der Waals surface area contributed by atoms with Crippen LogP contribution >= 0.6 is 50.9 Å². The van der Waals surface area contributed by atoms with Crippen molar-refractivity contribution in [3.63, 3.8) is 0 Å². The molecule has 0 N–H and O–H groups in total. The number of thioether (sulfide) groups is 1. The van der Waals surface area contributed by atoms with Gasteiger partial charge in [-0.05, 0) is 69.2 Å². The minimum Gasteiger partial charge on any atom is -0.493 e.